The predicted octanol–water partition coefficient (Wildman–Crippen LogP) is 4.60. The number of nitrogens with zero attached hydrogens (tertiary/aromatic N) is 6. The molecule has 2 saturated heterocycles. The Morgan fingerprint density at radius 2 is 1.90 bits per heavy atom. The van der Waals surface area contributed by atoms with Crippen molar-refractivity contribution in [2.45, 2.75) is 96.7 Å². The number of aromatic amines is 1. The van der Waals surface area contributed by atoms with E-state index >= 15 is 0 Å². The van der Waals surface area contributed by atoms with Gasteiger partial charge in [-0.1, -0.05) is 31.3 Å². The molecule has 0 spiro atoms. The molecule has 0 radical (unpaired) electrons. The average Bonchev–Trinajstić information content (AvgIpc) is 3.52. The molecule has 2 N–H and O–H groups in total. The molecule has 0 amide bonds. The van der Waals surface area contributed by atoms with Crippen LogP contribution < -0.4 is 16.0 Å². The number of ether oxygens (including phenoxy) is 1. The Morgan fingerprint density at radius 3 is 2.65 bits per heavy atom. The molecule has 11 nitrogen and oxygen atoms in total. The van der Waals surface area contributed by atoms with Crippen molar-refractivity contribution in [3.8, 4) is 11.6 Å². The predicted molar refractivity (Wildman–Crippen MR) is 152 cm³/mol. The van der Waals surface area contributed by atoms with Crippen LogP contribution in [0.1, 0.15) is 78.1 Å². The highest BCUT2D eigenvalue weighted by atomic mass is 16.5. The van der Waals surface area contributed by atoms with E-state index in [1.807, 2.05) is 0 Å². The Balaban J connectivity index is 1.36. The molecule has 0 bridgehead atoms. The summed E-state index contributed by atoms with van der Waals surface area (Å²) in [6, 6.07) is 0.697. The van der Waals surface area contributed by atoms with Crippen molar-refractivity contribution >= 4 is 22.9 Å². The van der Waals surface area contributed by atoms with E-state index in [4.69, 9.17) is 24.2 Å². The fourth-order valence-corrected chi connectivity index (χ4v) is 7.40. The molecule has 3 aromatic heterocycles. The van der Waals surface area contributed by atoms with Gasteiger partial charge in [0.05, 0.1) is 6.61 Å². The lowest BCUT2D eigenvalue weighted by atomic mass is 9.80. The zero-order valence-corrected chi connectivity index (χ0v) is 23.8. The Kier molecular flexibility index (Phi) is 7.01. The highest BCUT2D eigenvalue weighted by Gasteiger charge is 2.37. The van der Waals surface area contributed by atoms with E-state index < -0.39 is 5.76 Å². The second-order valence-corrected chi connectivity index (χ2v) is 12.8. The normalized spacial score (nSPS) is 28.3. The molecule has 3 atom stereocenters. The SMILES string of the molecule is C[C@@H](Nc1nc(-c2noc(=O)[nH]2)nc2nc(N3CCCC4COCCC43)n(C[C@H]3CC[C@H](C)CC3)c12)C1CCC1. The Hall–Kier alpha value is -2.95. The lowest BCUT2D eigenvalue weighted by molar-refractivity contribution is 0.0278. The number of nitrogens with one attached hydrogen (secondary N) is 2. The molecule has 5 heterocycles. The maximum Gasteiger partial charge on any atom is 0.439 e. The smallest absolute Gasteiger partial charge is 0.381 e. The van der Waals surface area contributed by atoms with E-state index in [9.17, 15) is 4.79 Å². The lowest BCUT2D eigenvalue weighted by Crippen LogP contribution is -2.50. The molecule has 2 saturated carbocycles. The van der Waals surface area contributed by atoms with Crippen LogP contribution in [0, 0.1) is 23.7 Å². The topological polar surface area (TPSA) is 127 Å². The molecule has 2 aliphatic heterocycles. The number of piperidine rings is 1. The van der Waals surface area contributed by atoms with Gasteiger partial charge in [0.25, 0.3) is 0 Å². The molecule has 3 aromatic rings. The molecule has 2 unspecified atom stereocenters. The number of rotatable bonds is 7. The number of hydrogen-bond donors (Lipinski definition) is 2. The zero-order chi connectivity index (χ0) is 27.2. The van der Waals surface area contributed by atoms with Crippen molar-refractivity contribution in [2.75, 3.05) is 30.0 Å². The number of imidazole rings is 1. The Bertz CT molecular complexity index is 1380. The molecule has 216 valence electrons. The van der Waals surface area contributed by atoms with Crippen LogP contribution in [0.3, 0.4) is 0 Å². The van der Waals surface area contributed by atoms with Crippen LogP contribution in [0.5, 0.6) is 0 Å². The molecule has 11 heteroatoms. The van der Waals surface area contributed by atoms with Gasteiger partial charge in [0.15, 0.2) is 11.5 Å². The molecule has 7 rings (SSSR count). The average molecular weight is 551 g/mol. The standard InChI is InChI=1S/C29H42N8O3/c1-17-8-10-19(11-9-17)15-37-23-24(30-18(2)20-5-3-6-20)31-26(27-34-29(38)40-35-27)32-25(23)33-28(37)36-13-4-7-21-16-39-14-12-22(21)36/h17-22H,3-16H2,1-2H3,(H,30,31,32)(H,34,35,38)/t17-,18-,19-,21?,22?/m1/s1. The fraction of sp³-hybridized carbons (Fsp3) is 0.759. The first-order chi connectivity index (χ1) is 19.5. The molecule has 4 aliphatic rings. The van der Waals surface area contributed by atoms with E-state index in [1.54, 1.807) is 0 Å². The first kappa shape index (κ1) is 26.0. The van der Waals surface area contributed by atoms with Gasteiger partial charge in [0, 0.05) is 37.7 Å². The molecule has 4 fully saturated rings. The van der Waals surface area contributed by atoms with Gasteiger partial charge in [0.1, 0.15) is 5.52 Å². The number of aromatic nitrogens is 6. The van der Waals surface area contributed by atoms with Gasteiger partial charge in [-0.25, -0.2) is 14.8 Å². The number of fused-ring (bicyclic) bond motifs is 2. The summed E-state index contributed by atoms with van der Waals surface area (Å²) in [7, 11) is 0. The molecular formula is C29H42N8O3. The van der Waals surface area contributed by atoms with Crippen molar-refractivity contribution in [3.63, 3.8) is 0 Å². The van der Waals surface area contributed by atoms with Crippen molar-refractivity contribution in [1.82, 2.24) is 29.7 Å². The quantitative estimate of drug-likeness (QED) is 0.434. The van der Waals surface area contributed by atoms with Gasteiger partial charge in [0.2, 0.25) is 17.6 Å². The summed E-state index contributed by atoms with van der Waals surface area (Å²) in [5.41, 5.74) is 1.61. The van der Waals surface area contributed by atoms with Crippen LogP contribution in [-0.4, -0.2) is 61.5 Å². The third kappa shape index (κ3) is 4.90. The van der Waals surface area contributed by atoms with Crippen LogP contribution in [0.25, 0.3) is 22.8 Å². The molecule has 2 aliphatic carbocycles. The van der Waals surface area contributed by atoms with Gasteiger partial charge < -0.3 is 19.5 Å². The monoisotopic (exact) mass is 550 g/mol. The van der Waals surface area contributed by atoms with Crippen molar-refractivity contribution in [3.05, 3.63) is 10.6 Å². The third-order valence-corrected chi connectivity index (χ3v) is 10.1. The van der Waals surface area contributed by atoms with Gasteiger partial charge in [-0.2, -0.15) is 4.98 Å². The largest absolute Gasteiger partial charge is 0.439 e. The molecule has 0 aromatic carbocycles. The van der Waals surface area contributed by atoms with Gasteiger partial charge in [-0.3, -0.25) is 9.51 Å². The number of hydrogen-bond acceptors (Lipinski definition) is 9. The minimum Gasteiger partial charge on any atom is -0.381 e. The minimum absolute atomic E-state index is 0.228. The first-order valence-electron chi connectivity index (χ1n) is 15.5. The minimum atomic E-state index is -0.618. The number of H-pyrrole nitrogens is 1. The maximum absolute atomic E-state index is 11.8. The van der Waals surface area contributed by atoms with E-state index in [2.05, 4.69) is 38.8 Å². The zero-order valence-electron chi connectivity index (χ0n) is 23.8. The molecule has 40 heavy (non-hydrogen) atoms. The van der Waals surface area contributed by atoms with Crippen molar-refractivity contribution in [2.24, 2.45) is 23.7 Å². The van der Waals surface area contributed by atoms with Gasteiger partial charge in [-0.05, 0) is 69.6 Å². The van der Waals surface area contributed by atoms with E-state index in [0.717, 1.165) is 62.3 Å². The molecular weight excluding hydrogens is 508 g/mol. The number of anilines is 2. The van der Waals surface area contributed by atoms with E-state index in [0.29, 0.717) is 35.3 Å². The summed E-state index contributed by atoms with van der Waals surface area (Å²) in [6.07, 6.45) is 12.1. The van der Waals surface area contributed by atoms with Crippen LogP contribution >= 0.6 is 0 Å². The highest BCUT2D eigenvalue weighted by molar-refractivity contribution is 5.87. The Morgan fingerprint density at radius 1 is 1.05 bits per heavy atom. The van der Waals surface area contributed by atoms with E-state index in [-0.39, 0.29) is 11.9 Å². The Labute approximate surface area is 234 Å². The maximum atomic E-state index is 11.8. The lowest BCUT2D eigenvalue weighted by Gasteiger charge is -2.44. The second kappa shape index (κ2) is 10.8. The summed E-state index contributed by atoms with van der Waals surface area (Å²) in [6.45, 7) is 8.16. The third-order valence-electron chi connectivity index (χ3n) is 10.1. The summed E-state index contributed by atoms with van der Waals surface area (Å²) < 4.78 is 13.1. The van der Waals surface area contributed by atoms with Crippen LogP contribution in [0.2, 0.25) is 0 Å². The van der Waals surface area contributed by atoms with E-state index in [1.165, 1.54) is 51.4 Å². The summed E-state index contributed by atoms with van der Waals surface area (Å²) in [5.74, 6) is 4.27. The van der Waals surface area contributed by atoms with Gasteiger partial charge in [-0.15, -0.1) is 0 Å². The second-order valence-electron chi connectivity index (χ2n) is 12.8. The van der Waals surface area contributed by atoms with Crippen molar-refractivity contribution < 1.29 is 9.26 Å². The van der Waals surface area contributed by atoms with Crippen LogP contribution in [0.4, 0.5) is 11.8 Å². The summed E-state index contributed by atoms with van der Waals surface area (Å²) >= 11 is 0. The van der Waals surface area contributed by atoms with Crippen LogP contribution in [0.15, 0.2) is 9.32 Å². The van der Waals surface area contributed by atoms with Gasteiger partial charge >= 0.3 is 5.76 Å². The van der Waals surface area contributed by atoms with Crippen LogP contribution in [-0.2, 0) is 11.3 Å². The highest BCUT2D eigenvalue weighted by Crippen LogP contribution is 2.39. The van der Waals surface area contributed by atoms with Crippen molar-refractivity contribution in [1.29, 1.82) is 0 Å². The first-order valence-corrected chi connectivity index (χ1v) is 15.5. The fourth-order valence-electron chi connectivity index (χ4n) is 7.40. The summed E-state index contributed by atoms with van der Waals surface area (Å²) in [4.78, 5) is 32.0. The summed E-state index contributed by atoms with van der Waals surface area (Å²) in [5, 5.41) is 7.65.